The number of carbonyl (C=O) groups excluding carboxylic acids is 4. The van der Waals surface area contributed by atoms with Crippen molar-refractivity contribution in [1.29, 1.82) is 5.26 Å². The lowest BCUT2D eigenvalue weighted by Crippen LogP contribution is -2.58. The number of aromatic nitrogens is 1. The van der Waals surface area contributed by atoms with E-state index in [0.717, 1.165) is 59.5 Å². The van der Waals surface area contributed by atoms with Crippen LogP contribution in [0.4, 0.5) is 24.5 Å². The summed E-state index contributed by atoms with van der Waals surface area (Å²) in [6, 6.07) is 17.5. The van der Waals surface area contributed by atoms with Crippen LogP contribution in [0.3, 0.4) is 0 Å². The number of thiocarbonyl (C=S) groups is 1. The van der Waals surface area contributed by atoms with Gasteiger partial charge in [0, 0.05) is 17.8 Å². The number of hydrogen-bond acceptors (Lipinski definition) is 10. The van der Waals surface area contributed by atoms with E-state index >= 15 is 0 Å². The first-order valence-electron chi connectivity index (χ1n) is 23.6. The fourth-order valence-electron chi connectivity index (χ4n) is 9.46. The highest BCUT2D eigenvalue weighted by atomic mass is 32.1. The Labute approximate surface area is 411 Å². The molecule has 3 aromatic carbocycles. The number of halogens is 3. The monoisotopic (exact) mass is 983 g/mol. The summed E-state index contributed by atoms with van der Waals surface area (Å²) >= 11 is 5.67. The SMILES string of the molecule is Cc1ncoc1-c1ccc([C@H](C)NC(=O)[C@@H]2CCCN2C(=O)[C@@H](NC(=O)COCC2CCC(COc3ccc(N4C(=S)N(c5ccc(C#N)c(C(F)(F)F)c5)C(=O)C4(C)C)cc3)CC2)C(C)(C)C)cc1. The lowest BCUT2D eigenvalue weighted by atomic mass is 9.83. The van der Waals surface area contributed by atoms with Gasteiger partial charge in [-0.3, -0.25) is 24.1 Å². The molecule has 0 radical (unpaired) electrons. The van der Waals surface area contributed by atoms with Gasteiger partial charge in [0.15, 0.2) is 17.3 Å². The van der Waals surface area contributed by atoms with E-state index in [2.05, 4.69) is 15.6 Å². The molecule has 3 fully saturated rings. The maximum absolute atomic E-state index is 14.1. The molecule has 14 nitrogen and oxygen atoms in total. The first kappa shape index (κ1) is 51.5. The molecule has 7 rings (SSSR count). The largest absolute Gasteiger partial charge is 0.493 e. The molecule has 3 atom stereocenters. The first-order chi connectivity index (χ1) is 33.1. The Morgan fingerprint density at radius 1 is 0.943 bits per heavy atom. The number of alkyl halides is 3. The second-order valence-corrected chi connectivity index (χ2v) is 20.4. The van der Waals surface area contributed by atoms with Gasteiger partial charge in [-0.15, -0.1) is 0 Å². The highest BCUT2D eigenvalue weighted by Crippen LogP contribution is 2.40. The predicted molar refractivity (Wildman–Crippen MR) is 260 cm³/mol. The maximum atomic E-state index is 14.1. The van der Waals surface area contributed by atoms with Gasteiger partial charge in [0.05, 0.1) is 47.8 Å². The molecule has 4 amide bonds. The van der Waals surface area contributed by atoms with Gasteiger partial charge >= 0.3 is 6.18 Å². The number of amides is 4. The number of likely N-dealkylation sites (tertiary alicyclic amines) is 1. The minimum absolute atomic E-state index is 0.00552. The Bertz CT molecular complexity index is 2620. The molecule has 3 heterocycles. The quantitative estimate of drug-likeness (QED) is 0.109. The van der Waals surface area contributed by atoms with Crippen LogP contribution in [0.2, 0.25) is 0 Å². The topological polar surface area (TPSA) is 170 Å². The van der Waals surface area contributed by atoms with Gasteiger partial charge < -0.3 is 34.3 Å². The standard InChI is InChI=1S/C52H60F3N7O7S/c1-31(35-14-16-36(17-15-35)44-32(2)57-30-69-44)58-46(64)42-9-8-24-60(42)47(65)45(50(3,4)5)59-43(63)29-67-27-33-10-12-34(13-11-33)28-68-40-22-20-38(21-23-40)62-49(70)61(48(66)51(62,6)7)39-19-18-37(26-56)41(25-39)52(53,54)55/h14-23,25,30-31,33-34,42,45H,8-13,24,27-29H2,1-7H3,(H,58,64)(H,59,63)/t31-,33?,34?,42-,45+/m0/s1. The number of benzene rings is 3. The normalized spacial score (nSPS) is 20.2. The van der Waals surface area contributed by atoms with Crippen molar-refractivity contribution in [2.24, 2.45) is 17.3 Å². The molecule has 2 N–H and O–H groups in total. The number of nitrogens with one attached hydrogen (secondary N) is 2. The second kappa shape index (κ2) is 21.0. The lowest BCUT2D eigenvalue weighted by molar-refractivity contribution is -0.144. The van der Waals surface area contributed by atoms with Gasteiger partial charge in [-0.25, -0.2) is 4.98 Å². The fraction of sp³-hybridized carbons (Fsp3) is 0.481. The maximum Gasteiger partial charge on any atom is 0.417 e. The molecule has 2 saturated heterocycles. The summed E-state index contributed by atoms with van der Waals surface area (Å²) in [4.78, 5) is 63.0. The zero-order valence-electron chi connectivity index (χ0n) is 40.5. The summed E-state index contributed by atoms with van der Waals surface area (Å²) < 4.78 is 58.9. The molecule has 1 aromatic heterocycles. The highest BCUT2D eigenvalue weighted by molar-refractivity contribution is 7.81. The van der Waals surface area contributed by atoms with Crippen molar-refractivity contribution in [2.75, 3.05) is 36.2 Å². The third kappa shape index (κ3) is 11.3. The molecule has 70 heavy (non-hydrogen) atoms. The van der Waals surface area contributed by atoms with Crippen molar-refractivity contribution in [3.05, 3.63) is 95.5 Å². The van der Waals surface area contributed by atoms with E-state index in [1.54, 1.807) is 54.0 Å². The number of oxazole rings is 1. The van der Waals surface area contributed by atoms with Crippen LogP contribution in [0.5, 0.6) is 5.75 Å². The van der Waals surface area contributed by atoms with Gasteiger partial charge in [-0.2, -0.15) is 18.4 Å². The summed E-state index contributed by atoms with van der Waals surface area (Å²) in [7, 11) is 0. The lowest BCUT2D eigenvalue weighted by Gasteiger charge is -2.35. The third-order valence-corrected chi connectivity index (χ3v) is 13.9. The van der Waals surface area contributed by atoms with E-state index in [-0.39, 0.29) is 41.2 Å². The molecule has 372 valence electrons. The van der Waals surface area contributed by atoms with Crippen LogP contribution in [0, 0.1) is 35.5 Å². The van der Waals surface area contributed by atoms with Gasteiger partial charge in [0.25, 0.3) is 5.91 Å². The Kier molecular flexibility index (Phi) is 15.4. The van der Waals surface area contributed by atoms with E-state index in [0.29, 0.717) is 55.7 Å². The molecular weight excluding hydrogens is 924 g/mol. The van der Waals surface area contributed by atoms with Crippen molar-refractivity contribution in [2.45, 2.75) is 117 Å². The summed E-state index contributed by atoms with van der Waals surface area (Å²) in [5, 5.41) is 15.2. The molecule has 3 aliphatic rings. The van der Waals surface area contributed by atoms with Crippen molar-refractivity contribution >= 4 is 52.3 Å². The summed E-state index contributed by atoms with van der Waals surface area (Å²) in [6.45, 7) is 13.8. The number of nitriles is 1. The third-order valence-electron chi connectivity index (χ3n) is 13.5. The number of anilines is 2. The number of ether oxygens (including phenoxy) is 2. The van der Waals surface area contributed by atoms with E-state index in [4.69, 9.17) is 26.1 Å². The second-order valence-electron chi connectivity index (χ2n) is 20.0. The van der Waals surface area contributed by atoms with Crippen LogP contribution in [-0.4, -0.2) is 82.6 Å². The summed E-state index contributed by atoms with van der Waals surface area (Å²) in [6.07, 6.45) is 1.37. The zero-order chi connectivity index (χ0) is 50.7. The molecule has 4 aromatic rings. The van der Waals surface area contributed by atoms with Crippen LogP contribution in [-0.2, 0) is 30.1 Å². The smallest absolute Gasteiger partial charge is 0.417 e. The Balaban J connectivity index is 0.844. The Morgan fingerprint density at radius 2 is 1.59 bits per heavy atom. The molecular formula is C52H60F3N7O7S. The average molecular weight is 984 g/mol. The summed E-state index contributed by atoms with van der Waals surface area (Å²) in [5.41, 5.74) is -0.506. The number of rotatable bonds is 15. The van der Waals surface area contributed by atoms with E-state index in [9.17, 15) is 37.6 Å². The van der Waals surface area contributed by atoms with Gasteiger partial charge in [-0.05, 0) is 144 Å². The highest BCUT2D eigenvalue weighted by Gasteiger charge is 2.51. The van der Waals surface area contributed by atoms with Crippen LogP contribution < -0.4 is 25.2 Å². The Morgan fingerprint density at radius 3 is 2.19 bits per heavy atom. The molecule has 18 heteroatoms. The van der Waals surface area contributed by atoms with Crippen molar-refractivity contribution < 1.29 is 46.2 Å². The molecule has 0 bridgehead atoms. The number of carbonyl (C=O) groups is 4. The van der Waals surface area contributed by atoms with Crippen molar-refractivity contribution in [3.63, 3.8) is 0 Å². The molecule has 0 spiro atoms. The minimum atomic E-state index is -4.80. The summed E-state index contributed by atoms with van der Waals surface area (Å²) in [5.74, 6) is 0.396. The molecule has 1 saturated carbocycles. The van der Waals surface area contributed by atoms with E-state index in [1.807, 2.05) is 58.9 Å². The molecule has 1 aliphatic carbocycles. The number of hydrogen-bond donors (Lipinski definition) is 2. The van der Waals surface area contributed by atoms with Gasteiger partial charge in [0.2, 0.25) is 17.7 Å². The van der Waals surface area contributed by atoms with Crippen molar-refractivity contribution in [3.8, 4) is 23.1 Å². The Hall–Kier alpha value is -6.32. The molecule has 2 aliphatic heterocycles. The van der Waals surface area contributed by atoms with Gasteiger partial charge in [-0.1, -0.05) is 45.0 Å². The zero-order valence-corrected chi connectivity index (χ0v) is 41.3. The van der Waals surface area contributed by atoms with Crippen LogP contribution in [0.1, 0.15) is 108 Å². The van der Waals surface area contributed by atoms with E-state index in [1.165, 1.54) is 12.5 Å². The molecule has 0 unspecified atom stereocenters. The first-order valence-corrected chi connectivity index (χ1v) is 24.0. The van der Waals surface area contributed by atoms with Crippen LogP contribution in [0.15, 0.2) is 77.5 Å². The number of aryl methyl sites for hydroxylation is 1. The van der Waals surface area contributed by atoms with Gasteiger partial charge in [0.1, 0.15) is 30.0 Å². The fourth-order valence-corrected chi connectivity index (χ4v) is 9.99. The van der Waals surface area contributed by atoms with Crippen LogP contribution >= 0.6 is 12.2 Å². The minimum Gasteiger partial charge on any atom is -0.493 e. The van der Waals surface area contributed by atoms with Crippen molar-refractivity contribution in [1.82, 2.24) is 20.5 Å². The average Bonchev–Trinajstić information content (AvgIpc) is 4.03. The number of nitrogens with zero attached hydrogens (tertiary/aromatic N) is 5. The van der Waals surface area contributed by atoms with E-state index < -0.39 is 52.2 Å². The predicted octanol–water partition coefficient (Wildman–Crippen LogP) is 9.06. The van der Waals surface area contributed by atoms with Crippen LogP contribution in [0.25, 0.3) is 11.3 Å².